The summed E-state index contributed by atoms with van der Waals surface area (Å²) in [5.74, 6) is -2.85. The lowest BCUT2D eigenvalue weighted by atomic mass is 10.1. The molecule has 0 radical (unpaired) electrons. The summed E-state index contributed by atoms with van der Waals surface area (Å²) in [7, 11) is 0. The summed E-state index contributed by atoms with van der Waals surface area (Å²) in [4.78, 5) is 37.0. The fraction of sp³-hybridized carbons (Fsp3) is 0.160. The van der Waals surface area contributed by atoms with Crippen molar-refractivity contribution in [2.24, 2.45) is 0 Å². The number of ether oxygens (including phenoxy) is 2. The van der Waals surface area contributed by atoms with E-state index >= 15 is 0 Å². The molecule has 3 rings (SSSR count). The molecular weight excluding hydrogens is 443 g/mol. The minimum Gasteiger partial charge on any atom is -0.492 e. The Kier molecular flexibility index (Phi) is 7.81. The molecule has 8 nitrogen and oxygen atoms in total. The van der Waals surface area contributed by atoms with E-state index in [1.807, 2.05) is 0 Å². The summed E-state index contributed by atoms with van der Waals surface area (Å²) in [6.07, 6.45) is 0. The monoisotopic (exact) mass is 466 g/mol. The van der Waals surface area contributed by atoms with Crippen molar-refractivity contribution in [1.82, 2.24) is 0 Å². The van der Waals surface area contributed by atoms with Crippen molar-refractivity contribution in [2.75, 3.05) is 23.8 Å². The summed E-state index contributed by atoms with van der Waals surface area (Å²) in [5.41, 5.74) is 0.0801. The van der Waals surface area contributed by atoms with Crippen LogP contribution in [0.4, 0.5) is 15.8 Å². The number of amides is 2. The van der Waals surface area contributed by atoms with E-state index in [0.29, 0.717) is 0 Å². The molecule has 3 N–H and O–H groups in total. The van der Waals surface area contributed by atoms with E-state index in [9.17, 15) is 23.9 Å². The third-order valence-corrected chi connectivity index (χ3v) is 4.70. The van der Waals surface area contributed by atoms with Gasteiger partial charge in [0.15, 0.2) is 0 Å². The first kappa shape index (κ1) is 24.2. The second-order valence-electron chi connectivity index (χ2n) is 6.95. The third-order valence-electron chi connectivity index (χ3n) is 4.70. The molecule has 0 unspecified atom stereocenters. The third kappa shape index (κ3) is 5.50. The highest BCUT2D eigenvalue weighted by Gasteiger charge is 2.21. The topological polar surface area (TPSA) is 114 Å². The SMILES string of the molecule is CCOc1cc(NC(=O)c2ccccc2C(=O)O)c(OCC)cc1NC(=O)c1ccccc1F. The predicted molar refractivity (Wildman–Crippen MR) is 124 cm³/mol. The highest BCUT2D eigenvalue weighted by Crippen LogP contribution is 2.37. The van der Waals surface area contributed by atoms with E-state index in [0.717, 1.165) is 0 Å². The smallest absolute Gasteiger partial charge is 0.336 e. The Labute approximate surface area is 195 Å². The van der Waals surface area contributed by atoms with Crippen molar-refractivity contribution >= 4 is 29.2 Å². The molecule has 34 heavy (non-hydrogen) atoms. The number of nitrogens with one attached hydrogen (secondary N) is 2. The van der Waals surface area contributed by atoms with Crippen molar-refractivity contribution in [1.29, 1.82) is 0 Å². The molecule has 3 aromatic carbocycles. The van der Waals surface area contributed by atoms with Crippen molar-refractivity contribution in [3.63, 3.8) is 0 Å². The van der Waals surface area contributed by atoms with Gasteiger partial charge in [-0.3, -0.25) is 9.59 Å². The van der Waals surface area contributed by atoms with Crippen LogP contribution in [0, 0.1) is 5.82 Å². The Balaban J connectivity index is 1.98. The first-order valence-corrected chi connectivity index (χ1v) is 10.5. The number of carboxylic acids is 1. The Morgan fingerprint density at radius 1 is 0.765 bits per heavy atom. The standard InChI is InChI=1S/C25H23FN2O6/c1-3-33-21-14-20(28-24(30)17-11-7-8-12-18(17)26)22(34-4-2)13-19(21)27-23(29)15-9-5-6-10-16(15)25(31)32/h5-14H,3-4H2,1-2H3,(H,27,29)(H,28,30)(H,31,32). The van der Waals surface area contributed by atoms with Crippen LogP contribution in [0.5, 0.6) is 11.5 Å². The largest absolute Gasteiger partial charge is 0.492 e. The lowest BCUT2D eigenvalue weighted by Gasteiger charge is -2.18. The van der Waals surface area contributed by atoms with Gasteiger partial charge in [-0.15, -0.1) is 0 Å². The molecule has 0 heterocycles. The maximum atomic E-state index is 14.0. The molecule has 9 heteroatoms. The predicted octanol–water partition coefficient (Wildman–Crippen LogP) is 4.83. The minimum absolute atomic E-state index is 0.0349. The van der Waals surface area contributed by atoms with Crippen LogP contribution < -0.4 is 20.1 Å². The van der Waals surface area contributed by atoms with Crippen molar-refractivity contribution in [3.05, 3.63) is 83.2 Å². The molecular formula is C25H23FN2O6. The maximum Gasteiger partial charge on any atom is 0.336 e. The van der Waals surface area contributed by atoms with Crippen LogP contribution >= 0.6 is 0 Å². The van der Waals surface area contributed by atoms with Gasteiger partial charge in [0, 0.05) is 12.1 Å². The lowest BCUT2D eigenvalue weighted by Crippen LogP contribution is -2.18. The molecule has 3 aromatic rings. The Hall–Kier alpha value is -4.40. The molecule has 2 amide bonds. The molecule has 0 aromatic heterocycles. The molecule has 0 bridgehead atoms. The van der Waals surface area contributed by atoms with Gasteiger partial charge >= 0.3 is 5.97 Å². The van der Waals surface area contributed by atoms with Gasteiger partial charge < -0.3 is 25.2 Å². The number of halogens is 1. The summed E-state index contributed by atoms with van der Waals surface area (Å²) in [5, 5.41) is 14.6. The average Bonchev–Trinajstić information content (AvgIpc) is 2.82. The fourth-order valence-corrected chi connectivity index (χ4v) is 3.20. The molecule has 0 saturated heterocycles. The zero-order valence-corrected chi connectivity index (χ0v) is 18.6. The van der Waals surface area contributed by atoms with E-state index in [1.165, 1.54) is 48.5 Å². The second-order valence-corrected chi connectivity index (χ2v) is 6.95. The first-order chi connectivity index (χ1) is 16.3. The molecule has 0 aliphatic rings. The summed E-state index contributed by atoms with van der Waals surface area (Å²) in [6.45, 7) is 3.95. The van der Waals surface area contributed by atoms with E-state index in [4.69, 9.17) is 9.47 Å². The van der Waals surface area contributed by atoms with Crippen LogP contribution in [0.1, 0.15) is 44.9 Å². The molecule has 0 spiro atoms. The maximum absolute atomic E-state index is 14.0. The number of carbonyl (C=O) groups excluding carboxylic acids is 2. The molecule has 0 atom stereocenters. The zero-order chi connectivity index (χ0) is 24.7. The highest BCUT2D eigenvalue weighted by molar-refractivity contribution is 6.11. The van der Waals surface area contributed by atoms with Gasteiger partial charge in [0.2, 0.25) is 0 Å². The number of aromatic carboxylic acids is 1. The Morgan fingerprint density at radius 2 is 1.21 bits per heavy atom. The van der Waals surface area contributed by atoms with Crippen LogP contribution in [-0.2, 0) is 0 Å². The lowest BCUT2D eigenvalue weighted by molar-refractivity contribution is 0.0692. The van der Waals surface area contributed by atoms with Crippen LogP contribution in [0.25, 0.3) is 0 Å². The molecule has 0 aliphatic carbocycles. The normalized spacial score (nSPS) is 10.3. The van der Waals surface area contributed by atoms with E-state index in [2.05, 4.69) is 10.6 Å². The Morgan fingerprint density at radius 3 is 1.68 bits per heavy atom. The van der Waals surface area contributed by atoms with Crippen LogP contribution in [0.3, 0.4) is 0 Å². The summed E-state index contributed by atoms with van der Waals surface area (Å²) < 4.78 is 25.3. The van der Waals surface area contributed by atoms with Crippen LogP contribution in [0.15, 0.2) is 60.7 Å². The number of carbonyl (C=O) groups is 3. The van der Waals surface area contributed by atoms with Gasteiger partial charge in [-0.25, -0.2) is 9.18 Å². The highest BCUT2D eigenvalue weighted by atomic mass is 19.1. The first-order valence-electron chi connectivity index (χ1n) is 10.5. The van der Waals surface area contributed by atoms with Gasteiger partial charge in [0.1, 0.15) is 17.3 Å². The quantitative estimate of drug-likeness (QED) is 0.416. The molecule has 176 valence electrons. The number of hydrogen-bond acceptors (Lipinski definition) is 5. The van der Waals surface area contributed by atoms with Crippen LogP contribution in [0.2, 0.25) is 0 Å². The minimum atomic E-state index is -1.24. The summed E-state index contributed by atoms with van der Waals surface area (Å²) >= 11 is 0. The summed E-state index contributed by atoms with van der Waals surface area (Å²) in [6, 6.07) is 14.2. The van der Waals surface area contributed by atoms with E-state index in [1.54, 1.807) is 26.0 Å². The van der Waals surface area contributed by atoms with Gasteiger partial charge in [0.25, 0.3) is 11.8 Å². The molecule has 0 aliphatic heterocycles. The number of anilines is 2. The number of rotatable bonds is 9. The van der Waals surface area contributed by atoms with Crippen LogP contribution in [-0.4, -0.2) is 36.1 Å². The second kappa shape index (κ2) is 11.0. The zero-order valence-electron chi connectivity index (χ0n) is 18.6. The van der Waals surface area contributed by atoms with E-state index < -0.39 is 23.6 Å². The molecule has 0 saturated carbocycles. The molecule has 0 fully saturated rings. The average molecular weight is 466 g/mol. The number of benzene rings is 3. The van der Waals surface area contributed by atoms with Crippen molar-refractivity contribution < 1.29 is 33.4 Å². The van der Waals surface area contributed by atoms with Gasteiger partial charge in [-0.1, -0.05) is 24.3 Å². The van der Waals surface area contributed by atoms with Gasteiger partial charge in [-0.05, 0) is 38.1 Å². The van der Waals surface area contributed by atoms with Gasteiger partial charge in [0.05, 0.1) is 41.3 Å². The van der Waals surface area contributed by atoms with Gasteiger partial charge in [-0.2, -0.15) is 0 Å². The fourth-order valence-electron chi connectivity index (χ4n) is 3.20. The van der Waals surface area contributed by atoms with Crippen molar-refractivity contribution in [2.45, 2.75) is 13.8 Å². The number of hydrogen-bond donors (Lipinski definition) is 3. The van der Waals surface area contributed by atoms with E-state index in [-0.39, 0.29) is 52.8 Å². The van der Waals surface area contributed by atoms with Crippen molar-refractivity contribution in [3.8, 4) is 11.5 Å². The number of carboxylic acid groups (broad SMARTS) is 1. The Bertz CT molecular complexity index is 1230.